The number of ether oxygens (including phenoxy) is 3. The molecule has 0 aromatic carbocycles. The van der Waals surface area contributed by atoms with Crippen molar-refractivity contribution < 1.29 is 19.0 Å². The molecule has 34 heavy (non-hydrogen) atoms. The van der Waals surface area contributed by atoms with Crippen molar-refractivity contribution in [1.29, 1.82) is 0 Å². The highest BCUT2D eigenvalue weighted by atomic mass is 16.7. The van der Waals surface area contributed by atoms with Gasteiger partial charge in [-0.15, -0.1) is 0 Å². The van der Waals surface area contributed by atoms with Crippen LogP contribution < -0.4 is 5.73 Å². The molecule has 6 aliphatic rings. The van der Waals surface area contributed by atoms with Crippen LogP contribution in [0.5, 0.6) is 0 Å². The molecule has 12 atom stereocenters. The van der Waals surface area contributed by atoms with Crippen molar-refractivity contribution in [3.8, 4) is 0 Å². The van der Waals surface area contributed by atoms with Gasteiger partial charge >= 0.3 is 5.97 Å². The van der Waals surface area contributed by atoms with E-state index in [0.29, 0.717) is 40.6 Å². The van der Waals surface area contributed by atoms with E-state index >= 15 is 0 Å². The summed E-state index contributed by atoms with van der Waals surface area (Å²) in [4.78, 5) is 11.8. The third-order valence-electron chi connectivity index (χ3n) is 12.3. The molecule has 0 radical (unpaired) electrons. The molecule has 5 heteroatoms. The summed E-state index contributed by atoms with van der Waals surface area (Å²) in [5.74, 6) is 4.35. The van der Waals surface area contributed by atoms with E-state index in [0.717, 1.165) is 43.6 Å². The highest BCUT2D eigenvalue weighted by Crippen LogP contribution is 2.71. The largest absolute Gasteiger partial charge is 0.461 e. The van der Waals surface area contributed by atoms with Crippen LogP contribution in [0.15, 0.2) is 0 Å². The number of carbonyl (C=O) groups is 1. The monoisotopic (exact) mass is 473 g/mol. The van der Waals surface area contributed by atoms with E-state index < -0.39 is 0 Å². The fourth-order valence-corrected chi connectivity index (χ4v) is 10.6. The number of nitrogens with two attached hydrogens (primary N) is 1. The summed E-state index contributed by atoms with van der Waals surface area (Å²) >= 11 is 0. The molecule has 2 heterocycles. The molecule has 6 fully saturated rings. The maximum absolute atomic E-state index is 11.8. The lowest BCUT2D eigenvalue weighted by molar-refractivity contribution is -0.273. The molecule has 2 aliphatic heterocycles. The summed E-state index contributed by atoms with van der Waals surface area (Å²) in [5, 5.41) is 0. The van der Waals surface area contributed by atoms with Gasteiger partial charge in [-0.3, -0.25) is 4.79 Å². The molecule has 2 saturated heterocycles. The van der Waals surface area contributed by atoms with Crippen molar-refractivity contribution in [1.82, 2.24) is 0 Å². The Bertz CT molecular complexity index is 808. The van der Waals surface area contributed by atoms with Gasteiger partial charge in [-0.2, -0.15) is 0 Å². The minimum absolute atomic E-state index is 0.00241. The minimum Gasteiger partial charge on any atom is -0.461 e. The quantitative estimate of drug-likeness (QED) is 0.551. The Hall–Kier alpha value is -0.650. The third-order valence-corrected chi connectivity index (χ3v) is 12.3. The Morgan fingerprint density at radius 1 is 0.971 bits per heavy atom. The molecule has 5 nitrogen and oxygen atoms in total. The van der Waals surface area contributed by atoms with Crippen molar-refractivity contribution in [2.75, 3.05) is 13.2 Å². The van der Waals surface area contributed by atoms with E-state index in [1.165, 1.54) is 44.9 Å². The molecule has 0 amide bonds. The van der Waals surface area contributed by atoms with Gasteiger partial charge < -0.3 is 19.9 Å². The first-order valence-electron chi connectivity index (χ1n) is 14.4. The summed E-state index contributed by atoms with van der Waals surface area (Å²) in [7, 11) is 0. The Morgan fingerprint density at radius 3 is 2.50 bits per heavy atom. The second kappa shape index (κ2) is 8.18. The fourth-order valence-electron chi connectivity index (χ4n) is 10.6. The molecule has 4 aliphatic carbocycles. The average Bonchev–Trinajstić information content (AvgIpc) is 3.26. The number of esters is 1. The number of fused-ring (bicyclic) bond motifs is 7. The van der Waals surface area contributed by atoms with Crippen LogP contribution in [0, 0.1) is 52.3 Å². The zero-order valence-corrected chi connectivity index (χ0v) is 21.9. The van der Waals surface area contributed by atoms with Gasteiger partial charge in [0.2, 0.25) is 0 Å². The molecule has 6 unspecified atom stereocenters. The van der Waals surface area contributed by atoms with Gasteiger partial charge in [0.15, 0.2) is 5.79 Å². The van der Waals surface area contributed by atoms with Crippen LogP contribution >= 0.6 is 0 Å². The highest BCUT2D eigenvalue weighted by Gasteiger charge is 2.69. The summed E-state index contributed by atoms with van der Waals surface area (Å²) in [6, 6.07) is 0. The molecule has 192 valence electrons. The second-order valence-corrected chi connectivity index (χ2v) is 13.8. The van der Waals surface area contributed by atoms with E-state index in [-0.39, 0.29) is 24.4 Å². The van der Waals surface area contributed by atoms with Gasteiger partial charge in [0.1, 0.15) is 6.10 Å². The average molecular weight is 474 g/mol. The van der Waals surface area contributed by atoms with Gasteiger partial charge in [0.25, 0.3) is 0 Å². The zero-order valence-electron chi connectivity index (χ0n) is 21.9. The smallest absolute Gasteiger partial charge is 0.319 e. The first-order chi connectivity index (χ1) is 16.2. The lowest BCUT2D eigenvalue weighted by Gasteiger charge is -2.61. The summed E-state index contributed by atoms with van der Waals surface area (Å²) in [6.45, 7) is 10.8. The lowest BCUT2D eigenvalue weighted by atomic mass is 9.44. The predicted molar refractivity (Wildman–Crippen MR) is 131 cm³/mol. The zero-order chi connectivity index (χ0) is 23.9. The standard InChI is InChI=1S/C29H47NO4/c1-17-7-12-29(32-16-17)18(2)26-24(34-29)14-23-21-6-5-19-13-20(33-25(31)15-30)8-10-27(19,3)22(21)9-11-28(23,26)4/h17-24,26H,5-16,30H2,1-4H3/t17-,18+,19?,20-,21?,22?,23?,24?,26?,27+,28+,29-/m1/s1. The van der Waals surface area contributed by atoms with E-state index in [1.54, 1.807) is 0 Å². The van der Waals surface area contributed by atoms with Crippen LogP contribution in [0.1, 0.15) is 91.9 Å². The normalized spacial score (nSPS) is 56.3. The molecule has 2 N–H and O–H groups in total. The van der Waals surface area contributed by atoms with Crippen molar-refractivity contribution in [3.63, 3.8) is 0 Å². The summed E-state index contributed by atoms with van der Waals surface area (Å²) < 4.78 is 19.1. The lowest BCUT2D eigenvalue weighted by Crippen LogP contribution is -2.55. The van der Waals surface area contributed by atoms with E-state index in [9.17, 15) is 4.79 Å². The topological polar surface area (TPSA) is 70.8 Å². The maximum Gasteiger partial charge on any atom is 0.319 e. The van der Waals surface area contributed by atoms with Gasteiger partial charge in [0, 0.05) is 12.3 Å². The fraction of sp³-hybridized carbons (Fsp3) is 0.966. The van der Waals surface area contributed by atoms with Crippen molar-refractivity contribution >= 4 is 5.97 Å². The summed E-state index contributed by atoms with van der Waals surface area (Å²) in [6.07, 6.45) is 12.6. The van der Waals surface area contributed by atoms with Crippen molar-refractivity contribution in [3.05, 3.63) is 0 Å². The Balaban J connectivity index is 1.19. The van der Waals surface area contributed by atoms with Crippen LogP contribution in [0.2, 0.25) is 0 Å². The van der Waals surface area contributed by atoms with Crippen LogP contribution in [0.25, 0.3) is 0 Å². The molecule has 6 rings (SSSR count). The molecular formula is C29H47NO4. The first kappa shape index (κ1) is 23.7. The third kappa shape index (κ3) is 3.31. The van der Waals surface area contributed by atoms with E-state index in [1.807, 2.05) is 0 Å². The Morgan fingerprint density at radius 2 is 1.76 bits per heavy atom. The van der Waals surface area contributed by atoms with E-state index in [2.05, 4.69) is 27.7 Å². The first-order valence-corrected chi connectivity index (χ1v) is 14.4. The van der Waals surface area contributed by atoms with Gasteiger partial charge in [0.05, 0.1) is 19.3 Å². The van der Waals surface area contributed by atoms with Crippen molar-refractivity contribution in [2.45, 2.75) is 110 Å². The molecular weight excluding hydrogens is 426 g/mol. The number of hydrogen-bond acceptors (Lipinski definition) is 5. The Kier molecular flexibility index (Phi) is 5.71. The SMILES string of the molecule is C[C@@H]1CC[C@@]2(OC1)OC1CC3C4CCC5C[C@H](OC(=O)CN)CC[C@]5(C)C4CC[C@]3(C)C1[C@@H]2C. The van der Waals surface area contributed by atoms with Crippen LogP contribution in [0.3, 0.4) is 0 Å². The highest BCUT2D eigenvalue weighted by molar-refractivity contribution is 5.71. The predicted octanol–water partition coefficient (Wildman–Crippen LogP) is 5.30. The molecule has 0 bridgehead atoms. The van der Waals surface area contributed by atoms with Gasteiger partial charge in [-0.25, -0.2) is 0 Å². The molecule has 1 spiro atoms. The Labute approximate surface area is 206 Å². The number of carbonyl (C=O) groups excluding carboxylic acids is 1. The molecule has 0 aromatic heterocycles. The van der Waals surface area contributed by atoms with E-state index in [4.69, 9.17) is 19.9 Å². The number of rotatable bonds is 2. The number of hydrogen-bond donors (Lipinski definition) is 1. The molecule has 0 aromatic rings. The molecule has 4 saturated carbocycles. The maximum atomic E-state index is 11.8. The minimum atomic E-state index is -0.310. The summed E-state index contributed by atoms with van der Waals surface area (Å²) in [5.41, 5.74) is 6.28. The van der Waals surface area contributed by atoms with Crippen LogP contribution in [0.4, 0.5) is 0 Å². The van der Waals surface area contributed by atoms with Gasteiger partial charge in [-0.1, -0.05) is 27.7 Å². The van der Waals surface area contributed by atoms with Crippen LogP contribution in [-0.4, -0.2) is 37.1 Å². The van der Waals surface area contributed by atoms with Gasteiger partial charge in [-0.05, 0) is 104 Å². The second-order valence-electron chi connectivity index (χ2n) is 13.8. The van der Waals surface area contributed by atoms with Crippen molar-refractivity contribution in [2.24, 2.45) is 58.0 Å². The van der Waals surface area contributed by atoms with Crippen LogP contribution in [-0.2, 0) is 19.0 Å².